The summed E-state index contributed by atoms with van der Waals surface area (Å²) in [5.74, 6) is 0. The van der Waals surface area contributed by atoms with Gasteiger partial charge in [-0.25, -0.2) is 18.2 Å². The van der Waals surface area contributed by atoms with Crippen molar-refractivity contribution in [1.82, 2.24) is 15.3 Å². The van der Waals surface area contributed by atoms with E-state index in [1.54, 1.807) is 13.0 Å². The molecule has 172 valence electrons. The average Bonchev–Trinajstić information content (AvgIpc) is 3.27. The number of nitrogens with one attached hydrogen (secondary N) is 2. The van der Waals surface area contributed by atoms with Crippen LogP contribution in [0.3, 0.4) is 0 Å². The Balaban J connectivity index is 1.60. The number of amides is 2. The molecule has 3 N–H and O–H groups in total. The zero-order chi connectivity index (χ0) is 23.3. The van der Waals surface area contributed by atoms with E-state index in [-0.39, 0.29) is 23.1 Å². The molecule has 3 heterocycles. The van der Waals surface area contributed by atoms with Crippen molar-refractivity contribution in [1.29, 1.82) is 0 Å². The van der Waals surface area contributed by atoms with E-state index in [1.165, 1.54) is 23.5 Å². The number of fused-ring (bicyclic) bond motifs is 2. The number of carbonyl (C=O) groups excluding carboxylic acids is 1. The topological polar surface area (TPSA) is 138 Å². The summed E-state index contributed by atoms with van der Waals surface area (Å²) in [5.41, 5.74) is 1.52. The lowest BCUT2D eigenvalue weighted by molar-refractivity contribution is 0.229. The Morgan fingerprint density at radius 2 is 2.12 bits per heavy atom. The average molecular weight is 480 g/mol. The molecular formula is C20H25N5O5S2. The zero-order valence-corrected chi connectivity index (χ0v) is 19.8. The SMILES string of the molecule is C[C@H](CO)NC(=O)Nc1nc2c(s1)CN(c1nc3cc(S(C)(=O)=O)ccc3o1)C(C)(C)C2. The van der Waals surface area contributed by atoms with Gasteiger partial charge in [-0.15, -0.1) is 0 Å². The molecule has 3 aromatic rings. The Hall–Kier alpha value is -2.70. The van der Waals surface area contributed by atoms with Gasteiger partial charge in [-0.3, -0.25) is 5.32 Å². The molecular weight excluding hydrogens is 454 g/mol. The highest BCUT2D eigenvalue weighted by molar-refractivity contribution is 7.90. The molecule has 2 aromatic heterocycles. The minimum absolute atomic E-state index is 0.152. The molecule has 0 saturated heterocycles. The second-order valence-electron chi connectivity index (χ2n) is 8.54. The van der Waals surface area contributed by atoms with Crippen LogP contribution >= 0.6 is 11.3 Å². The minimum Gasteiger partial charge on any atom is -0.423 e. The number of hydrogen-bond acceptors (Lipinski definition) is 9. The second kappa shape index (κ2) is 8.01. The summed E-state index contributed by atoms with van der Waals surface area (Å²) in [6.45, 7) is 6.14. The summed E-state index contributed by atoms with van der Waals surface area (Å²) >= 11 is 1.37. The number of anilines is 2. The number of rotatable bonds is 5. The lowest BCUT2D eigenvalue weighted by Gasteiger charge is -2.40. The van der Waals surface area contributed by atoms with Crippen molar-refractivity contribution in [3.63, 3.8) is 0 Å². The molecule has 0 unspecified atom stereocenters. The van der Waals surface area contributed by atoms with E-state index < -0.39 is 15.9 Å². The third-order valence-corrected chi connectivity index (χ3v) is 7.40. The number of urea groups is 1. The molecule has 1 aromatic carbocycles. The number of aliphatic hydroxyl groups excluding tert-OH is 1. The van der Waals surface area contributed by atoms with Gasteiger partial charge in [0.25, 0.3) is 6.01 Å². The van der Waals surface area contributed by atoms with Gasteiger partial charge in [0.2, 0.25) is 0 Å². The van der Waals surface area contributed by atoms with Crippen LogP contribution in [0.1, 0.15) is 31.3 Å². The van der Waals surface area contributed by atoms with Crippen molar-refractivity contribution in [3.05, 3.63) is 28.8 Å². The fourth-order valence-corrected chi connectivity index (χ4v) is 5.13. The molecule has 10 nitrogen and oxygen atoms in total. The number of benzene rings is 1. The molecule has 0 radical (unpaired) electrons. The van der Waals surface area contributed by atoms with Gasteiger partial charge in [-0.2, -0.15) is 4.98 Å². The number of hydrogen-bond donors (Lipinski definition) is 3. The highest BCUT2D eigenvalue weighted by Crippen LogP contribution is 2.39. The van der Waals surface area contributed by atoms with Crippen LogP contribution in [0.4, 0.5) is 15.9 Å². The third-order valence-electron chi connectivity index (χ3n) is 5.29. The summed E-state index contributed by atoms with van der Waals surface area (Å²) in [6, 6.07) is 4.26. The number of aliphatic hydroxyl groups is 1. The molecule has 0 bridgehead atoms. The molecule has 0 saturated carbocycles. The third kappa shape index (κ3) is 4.43. The molecule has 1 aliphatic heterocycles. The molecule has 1 aliphatic rings. The van der Waals surface area contributed by atoms with Crippen molar-refractivity contribution in [2.45, 2.75) is 50.2 Å². The van der Waals surface area contributed by atoms with Crippen LogP contribution in [0.5, 0.6) is 0 Å². The Labute approximate surface area is 189 Å². The van der Waals surface area contributed by atoms with Crippen LogP contribution < -0.4 is 15.5 Å². The minimum atomic E-state index is -3.34. The fourth-order valence-electron chi connectivity index (χ4n) is 3.53. The normalized spacial score (nSPS) is 16.6. The maximum absolute atomic E-state index is 12.1. The van der Waals surface area contributed by atoms with Crippen molar-refractivity contribution in [2.75, 3.05) is 23.1 Å². The Morgan fingerprint density at radius 1 is 1.38 bits per heavy atom. The first-order valence-electron chi connectivity index (χ1n) is 10.0. The maximum Gasteiger partial charge on any atom is 0.321 e. The molecule has 0 aliphatic carbocycles. The van der Waals surface area contributed by atoms with E-state index in [0.717, 1.165) is 16.8 Å². The predicted octanol–water partition coefficient (Wildman–Crippen LogP) is 2.53. The number of nitrogens with zero attached hydrogens (tertiary/aromatic N) is 3. The Kier molecular flexibility index (Phi) is 5.63. The Bertz CT molecular complexity index is 1280. The number of oxazole rings is 1. The lowest BCUT2D eigenvalue weighted by Crippen LogP contribution is -2.48. The van der Waals surface area contributed by atoms with E-state index in [9.17, 15) is 13.2 Å². The van der Waals surface area contributed by atoms with Crippen LogP contribution in [-0.2, 0) is 22.8 Å². The highest BCUT2D eigenvalue weighted by atomic mass is 32.2. The van der Waals surface area contributed by atoms with Gasteiger partial charge in [-0.05, 0) is 39.0 Å². The number of carbonyl (C=O) groups is 1. The lowest BCUT2D eigenvalue weighted by atomic mass is 9.92. The Morgan fingerprint density at radius 3 is 2.81 bits per heavy atom. The molecule has 2 amide bonds. The first-order valence-corrected chi connectivity index (χ1v) is 12.7. The van der Waals surface area contributed by atoms with E-state index in [1.807, 2.05) is 4.90 Å². The largest absolute Gasteiger partial charge is 0.423 e. The summed E-state index contributed by atoms with van der Waals surface area (Å²) in [6.07, 6.45) is 1.77. The van der Waals surface area contributed by atoms with E-state index in [0.29, 0.717) is 35.2 Å². The highest BCUT2D eigenvalue weighted by Gasteiger charge is 2.38. The zero-order valence-electron chi connectivity index (χ0n) is 18.2. The number of aromatic nitrogens is 2. The summed E-state index contributed by atoms with van der Waals surface area (Å²) < 4.78 is 29.7. The van der Waals surface area contributed by atoms with Gasteiger partial charge >= 0.3 is 6.03 Å². The van der Waals surface area contributed by atoms with Crippen LogP contribution in [0.15, 0.2) is 27.5 Å². The first kappa shape index (κ1) is 22.5. The number of thiazole rings is 1. The van der Waals surface area contributed by atoms with Gasteiger partial charge in [0.05, 0.1) is 29.8 Å². The fraction of sp³-hybridized carbons (Fsp3) is 0.450. The second-order valence-corrected chi connectivity index (χ2v) is 11.6. The molecule has 0 spiro atoms. The molecule has 0 fully saturated rings. The van der Waals surface area contributed by atoms with Crippen molar-refractivity contribution < 1.29 is 22.7 Å². The first-order chi connectivity index (χ1) is 15.0. The van der Waals surface area contributed by atoms with Gasteiger partial charge < -0.3 is 19.7 Å². The molecule has 12 heteroatoms. The van der Waals surface area contributed by atoms with Crippen LogP contribution in [0.2, 0.25) is 0 Å². The predicted molar refractivity (Wildman–Crippen MR) is 122 cm³/mol. The van der Waals surface area contributed by atoms with Gasteiger partial charge in [0, 0.05) is 23.1 Å². The monoisotopic (exact) mass is 479 g/mol. The maximum atomic E-state index is 12.1. The van der Waals surface area contributed by atoms with E-state index in [2.05, 4.69) is 34.4 Å². The van der Waals surface area contributed by atoms with Crippen LogP contribution in [0, 0.1) is 0 Å². The standard InChI is InChI=1S/C20H25N5O5S2/c1-11(10-26)21-17(27)24-18-22-14-8-20(2,3)25(9-16(14)31-18)19-23-13-7-12(32(4,28)29)5-6-15(13)30-19/h5-7,11,26H,8-10H2,1-4H3,(H2,21,22,24,27)/t11-/m1/s1. The van der Waals surface area contributed by atoms with Gasteiger partial charge in [-0.1, -0.05) is 11.3 Å². The summed E-state index contributed by atoms with van der Waals surface area (Å²) in [5, 5.41) is 14.9. The van der Waals surface area contributed by atoms with E-state index in [4.69, 9.17) is 9.52 Å². The van der Waals surface area contributed by atoms with Gasteiger partial charge in [0.15, 0.2) is 20.6 Å². The number of sulfone groups is 1. The molecule has 4 rings (SSSR count). The van der Waals surface area contributed by atoms with Crippen LogP contribution in [0.25, 0.3) is 11.1 Å². The smallest absolute Gasteiger partial charge is 0.321 e. The molecule has 32 heavy (non-hydrogen) atoms. The van der Waals surface area contributed by atoms with Crippen molar-refractivity contribution in [3.8, 4) is 0 Å². The van der Waals surface area contributed by atoms with Crippen molar-refractivity contribution >= 4 is 49.5 Å². The van der Waals surface area contributed by atoms with E-state index >= 15 is 0 Å². The van der Waals surface area contributed by atoms with Crippen molar-refractivity contribution in [2.24, 2.45) is 0 Å². The summed E-state index contributed by atoms with van der Waals surface area (Å²) in [7, 11) is -3.34. The molecule has 1 atom stereocenters. The summed E-state index contributed by atoms with van der Waals surface area (Å²) in [4.78, 5) is 24.4. The van der Waals surface area contributed by atoms with Gasteiger partial charge in [0.1, 0.15) is 5.52 Å². The quantitative estimate of drug-likeness (QED) is 0.508. The van der Waals surface area contributed by atoms with Crippen LogP contribution in [-0.4, -0.2) is 54.0 Å².